The van der Waals surface area contributed by atoms with Crippen LogP contribution in [0.1, 0.15) is 17.0 Å². The SMILES string of the molecule is Cn1c(Cl)c[n+](C)c1C(O)(c1ccccc1)c1ccccc1. The third-order valence-electron chi connectivity index (χ3n) is 3.98. The fraction of sp³-hybridized carbons (Fsp3) is 0.167. The lowest BCUT2D eigenvalue weighted by molar-refractivity contribution is -0.684. The normalized spacial score (nSPS) is 11.6. The molecule has 1 N–H and O–H groups in total. The molecular weight excluding hydrogens is 296 g/mol. The van der Waals surface area contributed by atoms with E-state index >= 15 is 0 Å². The molecule has 0 atom stereocenters. The van der Waals surface area contributed by atoms with E-state index in [0.717, 1.165) is 11.1 Å². The van der Waals surface area contributed by atoms with Crippen LogP contribution in [0.25, 0.3) is 0 Å². The molecule has 0 saturated carbocycles. The number of aromatic nitrogens is 2. The number of imidazole rings is 1. The third-order valence-corrected chi connectivity index (χ3v) is 4.33. The van der Waals surface area contributed by atoms with Gasteiger partial charge in [0.2, 0.25) is 10.8 Å². The van der Waals surface area contributed by atoms with Gasteiger partial charge in [0.1, 0.15) is 6.20 Å². The Kier molecular flexibility index (Phi) is 3.77. The van der Waals surface area contributed by atoms with E-state index in [1.165, 1.54) is 0 Å². The number of hydrogen-bond acceptors (Lipinski definition) is 1. The highest BCUT2D eigenvalue weighted by Gasteiger charge is 2.44. The molecule has 0 aliphatic carbocycles. The molecule has 2 aromatic carbocycles. The lowest BCUT2D eigenvalue weighted by Crippen LogP contribution is -2.44. The molecule has 1 aromatic heterocycles. The number of halogens is 1. The number of benzene rings is 2. The average Bonchev–Trinajstić information content (AvgIpc) is 2.81. The molecule has 112 valence electrons. The summed E-state index contributed by atoms with van der Waals surface area (Å²) in [7, 11) is 3.74. The molecule has 0 spiro atoms. The summed E-state index contributed by atoms with van der Waals surface area (Å²) in [6.45, 7) is 0. The smallest absolute Gasteiger partial charge is 0.299 e. The van der Waals surface area contributed by atoms with Crippen molar-refractivity contribution in [2.45, 2.75) is 5.60 Å². The predicted molar refractivity (Wildman–Crippen MR) is 86.6 cm³/mol. The Hall–Kier alpha value is -2.10. The van der Waals surface area contributed by atoms with Crippen molar-refractivity contribution in [2.75, 3.05) is 0 Å². The molecular formula is C18H18ClN2O+. The molecule has 0 unspecified atom stereocenters. The molecule has 4 heteroatoms. The molecule has 0 radical (unpaired) electrons. The first-order chi connectivity index (χ1) is 10.5. The van der Waals surface area contributed by atoms with Crippen molar-refractivity contribution in [3.63, 3.8) is 0 Å². The average molecular weight is 314 g/mol. The van der Waals surface area contributed by atoms with Crippen molar-refractivity contribution in [1.29, 1.82) is 0 Å². The summed E-state index contributed by atoms with van der Waals surface area (Å²) in [6, 6.07) is 19.3. The van der Waals surface area contributed by atoms with Crippen LogP contribution in [0.4, 0.5) is 0 Å². The highest BCUT2D eigenvalue weighted by Crippen LogP contribution is 2.35. The van der Waals surface area contributed by atoms with Gasteiger partial charge >= 0.3 is 0 Å². The monoisotopic (exact) mass is 313 g/mol. The summed E-state index contributed by atoms with van der Waals surface area (Å²) in [6.07, 6.45) is 1.80. The van der Waals surface area contributed by atoms with Gasteiger partial charge < -0.3 is 5.11 Å². The number of hydrogen-bond donors (Lipinski definition) is 1. The Morgan fingerprint density at radius 2 is 1.41 bits per heavy atom. The Morgan fingerprint density at radius 1 is 0.955 bits per heavy atom. The molecule has 22 heavy (non-hydrogen) atoms. The quantitative estimate of drug-likeness (QED) is 0.740. The molecule has 1 heterocycles. The minimum Gasteiger partial charge on any atom is -0.370 e. The summed E-state index contributed by atoms with van der Waals surface area (Å²) < 4.78 is 3.67. The molecule has 0 fully saturated rings. The lowest BCUT2D eigenvalue weighted by atomic mass is 9.85. The first-order valence-electron chi connectivity index (χ1n) is 7.10. The topological polar surface area (TPSA) is 29.0 Å². The van der Waals surface area contributed by atoms with Crippen LogP contribution in [0.2, 0.25) is 5.15 Å². The summed E-state index contributed by atoms with van der Waals surface area (Å²) in [4.78, 5) is 0. The van der Waals surface area contributed by atoms with Crippen molar-refractivity contribution >= 4 is 11.6 Å². The maximum absolute atomic E-state index is 11.7. The summed E-state index contributed by atoms with van der Waals surface area (Å²) >= 11 is 6.25. The third kappa shape index (κ3) is 2.23. The van der Waals surface area contributed by atoms with E-state index in [1.54, 1.807) is 6.20 Å². The van der Waals surface area contributed by atoms with Crippen LogP contribution in [0.5, 0.6) is 0 Å². The van der Waals surface area contributed by atoms with Crippen LogP contribution >= 0.6 is 11.6 Å². The second-order valence-corrected chi connectivity index (χ2v) is 5.78. The largest absolute Gasteiger partial charge is 0.370 e. The van der Waals surface area contributed by atoms with E-state index in [2.05, 4.69) is 0 Å². The van der Waals surface area contributed by atoms with Crippen molar-refractivity contribution in [1.82, 2.24) is 4.57 Å². The minimum atomic E-state index is -1.28. The van der Waals surface area contributed by atoms with Crippen LogP contribution in [-0.2, 0) is 19.7 Å². The van der Waals surface area contributed by atoms with Crippen molar-refractivity contribution in [3.05, 3.63) is 89.0 Å². The maximum atomic E-state index is 11.7. The Bertz CT molecular complexity index is 742. The first-order valence-corrected chi connectivity index (χ1v) is 7.47. The summed E-state index contributed by atoms with van der Waals surface area (Å²) in [5.74, 6) is 0.704. The summed E-state index contributed by atoms with van der Waals surface area (Å²) in [5.41, 5.74) is 0.323. The van der Waals surface area contributed by atoms with Gasteiger partial charge in [0, 0.05) is 11.1 Å². The number of nitrogens with zero attached hydrogens (tertiary/aromatic N) is 2. The van der Waals surface area contributed by atoms with Crippen LogP contribution in [0.15, 0.2) is 66.9 Å². The molecule has 3 aromatic rings. The predicted octanol–water partition coefficient (Wildman–Crippen LogP) is 2.79. The molecule has 0 saturated heterocycles. The van der Waals surface area contributed by atoms with E-state index < -0.39 is 5.60 Å². The van der Waals surface area contributed by atoms with Gasteiger partial charge in [-0.25, -0.2) is 9.13 Å². The van der Waals surface area contributed by atoms with E-state index in [1.807, 2.05) is 83.9 Å². The molecule has 3 nitrogen and oxygen atoms in total. The lowest BCUT2D eigenvalue weighted by Gasteiger charge is -2.26. The van der Waals surface area contributed by atoms with Gasteiger partial charge in [0.25, 0.3) is 5.82 Å². The first kappa shape index (κ1) is 14.8. The van der Waals surface area contributed by atoms with Crippen molar-refractivity contribution in [2.24, 2.45) is 14.1 Å². The molecule has 0 aliphatic rings. The Labute approximate surface area is 135 Å². The van der Waals surface area contributed by atoms with Gasteiger partial charge in [-0.3, -0.25) is 0 Å². The standard InChI is InChI=1S/C18H18ClN2O/c1-20-13-16(19)21(2)17(20)18(22,14-9-5-3-6-10-14)15-11-7-4-8-12-15/h3-13,22H,1-2H3/q+1. The highest BCUT2D eigenvalue weighted by molar-refractivity contribution is 6.29. The fourth-order valence-corrected chi connectivity index (χ4v) is 3.15. The zero-order chi connectivity index (χ0) is 15.7. The second kappa shape index (κ2) is 5.59. The van der Waals surface area contributed by atoms with E-state index in [-0.39, 0.29) is 0 Å². The second-order valence-electron chi connectivity index (χ2n) is 5.39. The van der Waals surface area contributed by atoms with Gasteiger partial charge in [-0.1, -0.05) is 60.7 Å². The van der Waals surface area contributed by atoms with Crippen LogP contribution < -0.4 is 4.57 Å². The molecule has 0 bridgehead atoms. The van der Waals surface area contributed by atoms with Gasteiger partial charge in [0.05, 0.1) is 14.1 Å². The summed E-state index contributed by atoms with van der Waals surface area (Å²) in [5, 5.41) is 12.3. The van der Waals surface area contributed by atoms with Gasteiger partial charge in [0.15, 0.2) is 0 Å². The van der Waals surface area contributed by atoms with Crippen molar-refractivity contribution < 1.29 is 9.67 Å². The molecule has 0 aliphatic heterocycles. The maximum Gasteiger partial charge on any atom is 0.299 e. The van der Waals surface area contributed by atoms with Crippen LogP contribution in [-0.4, -0.2) is 9.67 Å². The van der Waals surface area contributed by atoms with E-state index in [9.17, 15) is 5.11 Å². The number of aryl methyl sites for hydroxylation is 1. The fourth-order valence-electron chi connectivity index (χ4n) is 2.93. The van der Waals surface area contributed by atoms with Crippen LogP contribution in [0.3, 0.4) is 0 Å². The van der Waals surface area contributed by atoms with Gasteiger partial charge in [-0.15, -0.1) is 0 Å². The minimum absolute atomic E-state index is 0.572. The van der Waals surface area contributed by atoms with Crippen molar-refractivity contribution in [3.8, 4) is 0 Å². The van der Waals surface area contributed by atoms with Crippen LogP contribution in [0, 0.1) is 0 Å². The number of aliphatic hydroxyl groups is 1. The Balaban J connectivity index is 2.34. The van der Waals surface area contributed by atoms with Gasteiger partial charge in [-0.05, 0) is 11.6 Å². The van der Waals surface area contributed by atoms with Gasteiger partial charge in [-0.2, -0.15) is 0 Å². The molecule has 0 amide bonds. The van der Waals surface area contributed by atoms with E-state index in [0.29, 0.717) is 11.0 Å². The zero-order valence-corrected chi connectivity index (χ0v) is 13.3. The zero-order valence-electron chi connectivity index (χ0n) is 12.6. The number of rotatable bonds is 3. The highest BCUT2D eigenvalue weighted by atomic mass is 35.5. The van der Waals surface area contributed by atoms with E-state index in [4.69, 9.17) is 11.6 Å². The Morgan fingerprint density at radius 3 is 1.77 bits per heavy atom. The molecule has 3 rings (SSSR count).